The first-order chi connectivity index (χ1) is 13.5. The minimum absolute atomic E-state index is 0.00592. The smallest absolute Gasteiger partial charge is 0.236 e. The molecule has 0 atom stereocenters. The fourth-order valence-electron chi connectivity index (χ4n) is 3.32. The molecule has 0 saturated carbocycles. The SMILES string of the molecule is NCC(=O)N1CCN(c2nc(N)nc3ccc(-c4ccc(F)cc4)nc23)CC1. The van der Waals surface area contributed by atoms with Gasteiger partial charge in [-0.15, -0.1) is 0 Å². The molecule has 3 aromatic rings. The Morgan fingerprint density at radius 3 is 2.39 bits per heavy atom. The Morgan fingerprint density at radius 1 is 1.00 bits per heavy atom. The molecule has 4 rings (SSSR count). The van der Waals surface area contributed by atoms with Crippen molar-refractivity contribution in [2.75, 3.05) is 43.4 Å². The average molecular weight is 381 g/mol. The van der Waals surface area contributed by atoms with Gasteiger partial charge in [0.25, 0.3) is 0 Å². The Hall–Kier alpha value is -3.33. The van der Waals surface area contributed by atoms with Crippen molar-refractivity contribution in [3.63, 3.8) is 0 Å². The van der Waals surface area contributed by atoms with E-state index in [9.17, 15) is 9.18 Å². The molecule has 1 fully saturated rings. The van der Waals surface area contributed by atoms with Gasteiger partial charge in [-0.1, -0.05) is 0 Å². The molecule has 0 aliphatic carbocycles. The third-order valence-corrected chi connectivity index (χ3v) is 4.79. The zero-order valence-corrected chi connectivity index (χ0v) is 15.2. The van der Waals surface area contributed by atoms with Gasteiger partial charge in [-0.3, -0.25) is 4.79 Å². The second-order valence-electron chi connectivity index (χ2n) is 6.55. The minimum atomic E-state index is -0.300. The van der Waals surface area contributed by atoms with Crippen LogP contribution >= 0.6 is 0 Å². The van der Waals surface area contributed by atoms with Gasteiger partial charge in [0.2, 0.25) is 11.9 Å². The predicted molar refractivity (Wildman–Crippen MR) is 105 cm³/mol. The van der Waals surface area contributed by atoms with Crippen LogP contribution in [0.5, 0.6) is 0 Å². The fraction of sp³-hybridized carbons (Fsp3) is 0.263. The summed E-state index contributed by atoms with van der Waals surface area (Å²) >= 11 is 0. The van der Waals surface area contributed by atoms with Crippen molar-refractivity contribution >= 4 is 28.7 Å². The third kappa shape index (κ3) is 3.44. The number of carbonyl (C=O) groups is 1. The number of hydrogen-bond acceptors (Lipinski definition) is 7. The van der Waals surface area contributed by atoms with Crippen LogP contribution in [-0.2, 0) is 4.79 Å². The third-order valence-electron chi connectivity index (χ3n) is 4.79. The molecular formula is C19H20FN7O. The first kappa shape index (κ1) is 18.1. The van der Waals surface area contributed by atoms with Gasteiger partial charge < -0.3 is 21.3 Å². The zero-order valence-electron chi connectivity index (χ0n) is 15.2. The lowest BCUT2D eigenvalue weighted by atomic mass is 10.1. The summed E-state index contributed by atoms with van der Waals surface area (Å²) in [5, 5.41) is 0. The number of anilines is 2. The van der Waals surface area contributed by atoms with Crippen LogP contribution in [0.2, 0.25) is 0 Å². The highest BCUT2D eigenvalue weighted by atomic mass is 19.1. The maximum atomic E-state index is 13.2. The average Bonchev–Trinajstić information content (AvgIpc) is 2.73. The van der Waals surface area contributed by atoms with Gasteiger partial charge >= 0.3 is 0 Å². The van der Waals surface area contributed by atoms with Crippen LogP contribution in [0.3, 0.4) is 0 Å². The van der Waals surface area contributed by atoms with E-state index in [1.54, 1.807) is 17.0 Å². The molecular weight excluding hydrogens is 361 g/mol. The van der Waals surface area contributed by atoms with Crippen LogP contribution in [0, 0.1) is 5.82 Å². The van der Waals surface area contributed by atoms with Crippen LogP contribution in [0.4, 0.5) is 16.2 Å². The standard InChI is InChI=1S/C19H20FN7O/c20-13-3-1-12(2-4-13)14-5-6-15-17(23-14)18(25-19(22)24-15)27-9-7-26(8-10-27)16(28)11-21/h1-6H,7-11,21H2,(H2,22,24,25). The molecule has 0 bridgehead atoms. The summed E-state index contributed by atoms with van der Waals surface area (Å²) in [6.45, 7) is 2.31. The lowest BCUT2D eigenvalue weighted by molar-refractivity contribution is -0.129. The van der Waals surface area contributed by atoms with Crippen LogP contribution in [0.25, 0.3) is 22.3 Å². The van der Waals surface area contributed by atoms with Crippen LogP contribution < -0.4 is 16.4 Å². The summed E-state index contributed by atoms with van der Waals surface area (Å²) in [4.78, 5) is 29.0. The molecule has 0 spiro atoms. The Morgan fingerprint density at radius 2 is 1.71 bits per heavy atom. The molecule has 2 aromatic heterocycles. The number of nitrogens with zero attached hydrogens (tertiary/aromatic N) is 5. The maximum Gasteiger partial charge on any atom is 0.236 e. The van der Waals surface area contributed by atoms with Crippen LogP contribution in [0.1, 0.15) is 0 Å². The van der Waals surface area contributed by atoms with Gasteiger partial charge in [0.15, 0.2) is 5.82 Å². The molecule has 0 unspecified atom stereocenters. The van der Waals surface area contributed by atoms with E-state index in [1.807, 2.05) is 17.0 Å². The second kappa shape index (κ2) is 7.35. The number of fused-ring (bicyclic) bond motifs is 1. The second-order valence-corrected chi connectivity index (χ2v) is 6.55. The van der Waals surface area contributed by atoms with Gasteiger partial charge in [-0.05, 0) is 36.4 Å². The number of pyridine rings is 1. The zero-order chi connectivity index (χ0) is 19.7. The number of hydrogen-bond donors (Lipinski definition) is 2. The number of amides is 1. The normalized spacial score (nSPS) is 14.5. The monoisotopic (exact) mass is 381 g/mol. The lowest BCUT2D eigenvalue weighted by Crippen LogP contribution is -2.50. The fourth-order valence-corrected chi connectivity index (χ4v) is 3.32. The maximum absolute atomic E-state index is 13.2. The molecule has 1 amide bonds. The van der Waals surface area contributed by atoms with Crippen molar-refractivity contribution in [3.05, 3.63) is 42.2 Å². The van der Waals surface area contributed by atoms with E-state index in [1.165, 1.54) is 12.1 Å². The van der Waals surface area contributed by atoms with Crippen molar-refractivity contribution in [3.8, 4) is 11.3 Å². The van der Waals surface area contributed by atoms with Crippen molar-refractivity contribution in [1.82, 2.24) is 19.9 Å². The summed E-state index contributed by atoms with van der Waals surface area (Å²) in [6, 6.07) is 9.81. The highest BCUT2D eigenvalue weighted by Gasteiger charge is 2.23. The van der Waals surface area contributed by atoms with Gasteiger partial charge in [0.05, 0.1) is 17.8 Å². The van der Waals surface area contributed by atoms with Crippen molar-refractivity contribution in [2.45, 2.75) is 0 Å². The highest BCUT2D eigenvalue weighted by Crippen LogP contribution is 2.27. The van der Waals surface area contributed by atoms with Crippen LogP contribution in [0.15, 0.2) is 36.4 Å². The number of nitrogen functional groups attached to an aromatic ring is 1. The summed E-state index contributed by atoms with van der Waals surface area (Å²) in [5.74, 6) is 0.431. The number of piperazine rings is 1. The Bertz CT molecular complexity index is 1020. The van der Waals surface area contributed by atoms with Gasteiger partial charge in [-0.2, -0.15) is 4.98 Å². The first-order valence-electron chi connectivity index (χ1n) is 8.98. The number of halogens is 1. The number of nitrogens with two attached hydrogens (primary N) is 2. The number of benzene rings is 1. The van der Waals surface area contributed by atoms with E-state index in [2.05, 4.69) is 9.97 Å². The molecule has 1 aliphatic heterocycles. The van der Waals surface area contributed by atoms with Crippen molar-refractivity contribution in [2.24, 2.45) is 5.73 Å². The van der Waals surface area contributed by atoms with E-state index in [-0.39, 0.29) is 24.2 Å². The first-order valence-corrected chi connectivity index (χ1v) is 8.98. The largest absolute Gasteiger partial charge is 0.368 e. The minimum Gasteiger partial charge on any atom is -0.368 e. The molecule has 28 heavy (non-hydrogen) atoms. The molecule has 1 aromatic carbocycles. The van der Waals surface area contributed by atoms with Crippen molar-refractivity contribution < 1.29 is 9.18 Å². The number of rotatable bonds is 3. The molecule has 144 valence electrons. The summed E-state index contributed by atoms with van der Waals surface area (Å²) in [6.07, 6.45) is 0. The predicted octanol–water partition coefficient (Wildman–Crippen LogP) is 1.02. The lowest BCUT2D eigenvalue weighted by Gasteiger charge is -2.35. The molecule has 4 N–H and O–H groups in total. The summed E-state index contributed by atoms with van der Waals surface area (Å²) in [7, 11) is 0. The number of aromatic nitrogens is 3. The molecule has 3 heterocycles. The van der Waals surface area contributed by atoms with Gasteiger partial charge in [-0.25, -0.2) is 14.4 Å². The molecule has 0 radical (unpaired) electrons. The van der Waals surface area contributed by atoms with Crippen molar-refractivity contribution in [1.29, 1.82) is 0 Å². The summed E-state index contributed by atoms with van der Waals surface area (Å²) in [5.41, 5.74) is 14.1. The van der Waals surface area contributed by atoms with Gasteiger partial charge in [0.1, 0.15) is 11.3 Å². The molecule has 9 heteroatoms. The molecule has 1 saturated heterocycles. The molecule has 1 aliphatic rings. The van der Waals surface area contributed by atoms with Gasteiger partial charge in [0, 0.05) is 31.7 Å². The Kier molecular flexibility index (Phi) is 4.74. The number of carbonyl (C=O) groups excluding carboxylic acids is 1. The highest BCUT2D eigenvalue weighted by molar-refractivity contribution is 5.89. The van der Waals surface area contributed by atoms with E-state index < -0.39 is 0 Å². The van der Waals surface area contributed by atoms with E-state index in [4.69, 9.17) is 16.5 Å². The Balaban J connectivity index is 1.70. The summed E-state index contributed by atoms with van der Waals surface area (Å²) < 4.78 is 13.2. The van der Waals surface area contributed by atoms with Crippen LogP contribution in [-0.4, -0.2) is 58.5 Å². The molecule has 8 nitrogen and oxygen atoms in total. The van der Waals surface area contributed by atoms with E-state index >= 15 is 0 Å². The quantitative estimate of drug-likeness (QED) is 0.696. The Labute approximate surface area is 161 Å². The van der Waals surface area contributed by atoms with E-state index in [0.29, 0.717) is 48.7 Å². The topological polar surface area (TPSA) is 114 Å². The van der Waals surface area contributed by atoms with E-state index in [0.717, 1.165) is 5.56 Å².